The Morgan fingerprint density at radius 2 is 2.11 bits per heavy atom. The molecule has 98 valence electrons. The average molecular weight is 266 g/mol. The Balaban J connectivity index is 2.59. The van der Waals surface area contributed by atoms with Crippen molar-refractivity contribution in [2.75, 3.05) is 13.2 Å². The predicted octanol–water partition coefficient (Wildman–Crippen LogP) is 1.56. The highest BCUT2D eigenvalue weighted by Gasteiger charge is 2.16. The van der Waals surface area contributed by atoms with E-state index in [1.807, 2.05) is 37.3 Å². The molecule has 1 amide bonds. The van der Waals surface area contributed by atoms with Crippen molar-refractivity contribution in [2.24, 2.45) is 5.73 Å². The van der Waals surface area contributed by atoms with Crippen LogP contribution in [0.1, 0.15) is 24.9 Å². The summed E-state index contributed by atoms with van der Waals surface area (Å²) in [5.74, 6) is -0.217. The summed E-state index contributed by atoms with van der Waals surface area (Å²) in [6.07, 6.45) is 0.880. The highest BCUT2D eigenvalue weighted by atomic mass is 32.1. The van der Waals surface area contributed by atoms with Crippen LogP contribution in [0.4, 0.5) is 0 Å². The van der Waals surface area contributed by atoms with Gasteiger partial charge in [-0.05, 0) is 12.0 Å². The molecule has 0 aliphatic carbocycles. The second-order valence-corrected chi connectivity index (χ2v) is 4.34. The van der Waals surface area contributed by atoms with Crippen LogP contribution in [-0.4, -0.2) is 24.1 Å². The molecule has 4 nitrogen and oxygen atoms in total. The molecule has 1 aromatic rings. The van der Waals surface area contributed by atoms with E-state index in [0.29, 0.717) is 6.61 Å². The molecule has 5 heteroatoms. The molecule has 0 saturated heterocycles. The lowest BCUT2D eigenvalue weighted by Crippen LogP contribution is -2.38. The van der Waals surface area contributed by atoms with Crippen molar-refractivity contribution in [2.45, 2.75) is 19.4 Å². The van der Waals surface area contributed by atoms with E-state index in [-0.39, 0.29) is 17.5 Å². The maximum absolute atomic E-state index is 11.7. The van der Waals surface area contributed by atoms with Crippen molar-refractivity contribution >= 4 is 23.1 Å². The SMILES string of the molecule is CCCOCC(=O)NC(C(N)=S)c1ccccc1. The Morgan fingerprint density at radius 3 is 2.67 bits per heavy atom. The summed E-state index contributed by atoms with van der Waals surface area (Å²) >= 11 is 4.98. The van der Waals surface area contributed by atoms with Crippen molar-refractivity contribution < 1.29 is 9.53 Å². The van der Waals surface area contributed by atoms with Crippen LogP contribution in [-0.2, 0) is 9.53 Å². The third kappa shape index (κ3) is 4.81. The van der Waals surface area contributed by atoms with Gasteiger partial charge in [-0.25, -0.2) is 0 Å². The number of ether oxygens (including phenoxy) is 1. The van der Waals surface area contributed by atoms with Crippen molar-refractivity contribution in [1.29, 1.82) is 0 Å². The number of nitrogens with one attached hydrogen (secondary N) is 1. The smallest absolute Gasteiger partial charge is 0.246 e. The van der Waals surface area contributed by atoms with Gasteiger partial charge in [0.15, 0.2) is 0 Å². The van der Waals surface area contributed by atoms with Gasteiger partial charge in [0.2, 0.25) is 5.91 Å². The van der Waals surface area contributed by atoms with E-state index < -0.39 is 6.04 Å². The van der Waals surface area contributed by atoms with Crippen LogP contribution >= 0.6 is 12.2 Å². The monoisotopic (exact) mass is 266 g/mol. The number of carbonyl (C=O) groups is 1. The molecule has 0 aliphatic heterocycles. The Labute approximate surface area is 113 Å². The fourth-order valence-electron chi connectivity index (χ4n) is 1.48. The van der Waals surface area contributed by atoms with Gasteiger partial charge < -0.3 is 15.8 Å². The molecule has 3 N–H and O–H groups in total. The zero-order valence-electron chi connectivity index (χ0n) is 10.4. The molecule has 0 aromatic heterocycles. The number of hydrogen-bond acceptors (Lipinski definition) is 3. The number of rotatable bonds is 7. The van der Waals surface area contributed by atoms with Crippen LogP contribution in [0.5, 0.6) is 0 Å². The number of carbonyl (C=O) groups excluding carboxylic acids is 1. The van der Waals surface area contributed by atoms with E-state index >= 15 is 0 Å². The number of benzene rings is 1. The minimum Gasteiger partial charge on any atom is -0.391 e. The zero-order chi connectivity index (χ0) is 13.4. The molecule has 0 spiro atoms. The Morgan fingerprint density at radius 1 is 1.44 bits per heavy atom. The average Bonchev–Trinajstić information content (AvgIpc) is 2.37. The first-order valence-corrected chi connectivity index (χ1v) is 6.27. The maximum atomic E-state index is 11.7. The van der Waals surface area contributed by atoms with E-state index in [1.54, 1.807) is 0 Å². The summed E-state index contributed by atoms with van der Waals surface area (Å²) < 4.78 is 5.16. The number of amides is 1. The van der Waals surface area contributed by atoms with Crippen LogP contribution in [0.15, 0.2) is 30.3 Å². The van der Waals surface area contributed by atoms with E-state index in [0.717, 1.165) is 12.0 Å². The van der Waals surface area contributed by atoms with E-state index in [1.165, 1.54) is 0 Å². The minimum atomic E-state index is -0.445. The van der Waals surface area contributed by atoms with Gasteiger partial charge in [-0.3, -0.25) is 4.79 Å². The van der Waals surface area contributed by atoms with Gasteiger partial charge in [0.05, 0.1) is 0 Å². The Bertz CT molecular complexity index is 395. The largest absolute Gasteiger partial charge is 0.391 e. The molecule has 1 rings (SSSR count). The topological polar surface area (TPSA) is 64.3 Å². The van der Waals surface area contributed by atoms with Crippen LogP contribution in [0.2, 0.25) is 0 Å². The number of nitrogens with two attached hydrogens (primary N) is 1. The second-order valence-electron chi connectivity index (χ2n) is 3.87. The Hall–Kier alpha value is -1.46. The van der Waals surface area contributed by atoms with Gasteiger partial charge in [0.1, 0.15) is 17.6 Å². The van der Waals surface area contributed by atoms with Crippen LogP contribution in [0.3, 0.4) is 0 Å². The first-order valence-electron chi connectivity index (χ1n) is 5.86. The molecule has 1 atom stereocenters. The Kier molecular flexibility index (Phi) is 6.32. The van der Waals surface area contributed by atoms with Gasteiger partial charge in [-0.2, -0.15) is 0 Å². The molecule has 0 aliphatic rings. The summed E-state index contributed by atoms with van der Waals surface area (Å²) in [6.45, 7) is 2.58. The second kappa shape index (κ2) is 7.79. The van der Waals surface area contributed by atoms with Crippen molar-refractivity contribution in [3.63, 3.8) is 0 Å². The first kappa shape index (κ1) is 14.6. The number of thiocarbonyl (C=S) groups is 1. The summed E-state index contributed by atoms with van der Waals surface area (Å²) in [6, 6.07) is 8.94. The quantitative estimate of drug-likeness (QED) is 0.580. The minimum absolute atomic E-state index is 0.0276. The molecule has 18 heavy (non-hydrogen) atoms. The van der Waals surface area contributed by atoms with Crippen LogP contribution < -0.4 is 11.1 Å². The summed E-state index contributed by atoms with van der Waals surface area (Å²) in [7, 11) is 0. The van der Waals surface area contributed by atoms with Gasteiger partial charge >= 0.3 is 0 Å². The van der Waals surface area contributed by atoms with E-state index in [2.05, 4.69) is 5.32 Å². The van der Waals surface area contributed by atoms with Gasteiger partial charge in [0, 0.05) is 6.61 Å². The zero-order valence-corrected chi connectivity index (χ0v) is 11.2. The van der Waals surface area contributed by atoms with E-state index in [4.69, 9.17) is 22.7 Å². The standard InChI is InChI=1S/C13H18N2O2S/c1-2-8-17-9-11(16)15-12(13(14)18)10-6-4-3-5-7-10/h3-7,12H,2,8-9H2,1H3,(H2,14,18)(H,15,16). The van der Waals surface area contributed by atoms with E-state index in [9.17, 15) is 4.79 Å². The first-order chi connectivity index (χ1) is 8.65. The fraction of sp³-hybridized carbons (Fsp3) is 0.385. The summed E-state index contributed by atoms with van der Waals surface area (Å²) in [5, 5.41) is 2.76. The molecule has 0 heterocycles. The molecule has 0 bridgehead atoms. The third-order valence-corrected chi connectivity index (χ3v) is 2.54. The fourth-order valence-corrected chi connectivity index (χ4v) is 1.67. The summed E-state index contributed by atoms with van der Waals surface area (Å²) in [4.78, 5) is 11.9. The molecular weight excluding hydrogens is 248 g/mol. The normalized spacial score (nSPS) is 11.8. The lowest BCUT2D eigenvalue weighted by Gasteiger charge is -2.17. The van der Waals surface area contributed by atoms with Gasteiger partial charge in [-0.15, -0.1) is 0 Å². The van der Waals surface area contributed by atoms with Crippen molar-refractivity contribution in [3.05, 3.63) is 35.9 Å². The van der Waals surface area contributed by atoms with Crippen LogP contribution in [0, 0.1) is 0 Å². The lowest BCUT2D eigenvalue weighted by atomic mass is 10.1. The highest BCUT2D eigenvalue weighted by Crippen LogP contribution is 2.12. The lowest BCUT2D eigenvalue weighted by molar-refractivity contribution is -0.126. The van der Waals surface area contributed by atoms with Crippen LogP contribution in [0.25, 0.3) is 0 Å². The summed E-state index contributed by atoms with van der Waals surface area (Å²) in [5.41, 5.74) is 6.52. The van der Waals surface area contributed by atoms with Gasteiger partial charge in [0.25, 0.3) is 0 Å². The van der Waals surface area contributed by atoms with Gasteiger partial charge in [-0.1, -0.05) is 49.5 Å². The molecular formula is C13H18N2O2S. The highest BCUT2D eigenvalue weighted by molar-refractivity contribution is 7.80. The molecule has 0 fully saturated rings. The van der Waals surface area contributed by atoms with Crippen molar-refractivity contribution in [3.8, 4) is 0 Å². The predicted molar refractivity (Wildman–Crippen MR) is 75.2 cm³/mol. The maximum Gasteiger partial charge on any atom is 0.246 e. The third-order valence-electron chi connectivity index (χ3n) is 2.30. The molecule has 0 saturated carbocycles. The molecule has 0 radical (unpaired) electrons. The number of hydrogen-bond donors (Lipinski definition) is 2. The van der Waals surface area contributed by atoms with Crippen molar-refractivity contribution in [1.82, 2.24) is 5.32 Å². The molecule has 1 aromatic carbocycles. The molecule has 1 unspecified atom stereocenters.